The van der Waals surface area contributed by atoms with Gasteiger partial charge in [-0.1, -0.05) is 11.6 Å². The number of benzene rings is 2. The highest BCUT2D eigenvalue weighted by atomic mass is 35.5. The predicted molar refractivity (Wildman–Crippen MR) is 128 cm³/mol. The number of hydrogen-bond donors (Lipinski definition) is 3. The van der Waals surface area contributed by atoms with E-state index in [0.717, 1.165) is 23.8 Å². The summed E-state index contributed by atoms with van der Waals surface area (Å²) in [6, 6.07) is 8.31. The highest BCUT2D eigenvalue weighted by Crippen LogP contribution is 2.29. The fourth-order valence-electron chi connectivity index (χ4n) is 4.39. The Morgan fingerprint density at radius 3 is 2.43 bits per heavy atom. The molecule has 2 heterocycles. The van der Waals surface area contributed by atoms with Gasteiger partial charge in [0.05, 0.1) is 11.6 Å². The first-order chi connectivity index (χ1) is 16.7. The lowest BCUT2D eigenvalue weighted by molar-refractivity contribution is -0.144. The average molecular weight is 503 g/mol. The summed E-state index contributed by atoms with van der Waals surface area (Å²) in [6.07, 6.45) is 2.07. The summed E-state index contributed by atoms with van der Waals surface area (Å²) >= 11 is 5.85. The van der Waals surface area contributed by atoms with Gasteiger partial charge in [0.2, 0.25) is 11.8 Å². The SMILES string of the molecule is O=C(O)C1CCN(C(=O)Nc2ccc(Cl)cc2)C1C(=O)Nc1ccc(N2CCCCC2=O)cc1F. The Morgan fingerprint density at radius 1 is 1.03 bits per heavy atom. The van der Waals surface area contributed by atoms with Crippen molar-refractivity contribution in [2.45, 2.75) is 31.7 Å². The van der Waals surface area contributed by atoms with Crippen molar-refractivity contribution in [2.75, 3.05) is 28.6 Å². The smallest absolute Gasteiger partial charge is 0.322 e. The minimum Gasteiger partial charge on any atom is -0.481 e. The zero-order valence-corrected chi connectivity index (χ0v) is 19.4. The second-order valence-electron chi connectivity index (χ2n) is 8.46. The molecular weight excluding hydrogens is 479 g/mol. The lowest BCUT2D eigenvalue weighted by Gasteiger charge is -2.28. The van der Waals surface area contributed by atoms with Gasteiger partial charge in [-0.05, 0) is 61.7 Å². The molecule has 0 aromatic heterocycles. The van der Waals surface area contributed by atoms with E-state index in [0.29, 0.717) is 29.4 Å². The molecule has 2 atom stereocenters. The maximum Gasteiger partial charge on any atom is 0.322 e. The van der Waals surface area contributed by atoms with Crippen LogP contribution in [0.3, 0.4) is 0 Å². The fraction of sp³-hybridized carbons (Fsp3) is 0.333. The number of halogens is 2. The Hall–Kier alpha value is -3.66. The number of piperidine rings is 1. The van der Waals surface area contributed by atoms with Crippen molar-refractivity contribution in [3.8, 4) is 0 Å². The minimum atomic E-state index is -1.34. The van der Waals surface area contributed by atoms with Crippen LogP contribution in [0.4, 0.5) is 26.2 Å². The lowest BCUT2D eigenvalue weighted by atomic mass is 10.00. The third-order valence-electron chi connectivity index (χ3n) is 6.19. The molecule has 0 aliphatic carbocycles. The van der Waals surface area contributed by atoms with Crippen LogP contribution in [0.5, 0.6) is 0 Å². The molecule has 2 aliphatic heterocycles. The number of amides is 4. The van der Waals surface area contributed by atoms with Crippen molar-refractivity contribution >= 4 is 52.5 Å². The zero-order chi connectivity index (χ0) is 25.1. The van der Waals surface area contributed by atoms with Crippen molar-refractivity contribution in [1.29, 1.82) is 0 Å². The molecule has 0 radical (unpaired) electrons. The highest BCUT2D eigenvalue weighted by molar-refractivity contribution is 6.30. The topological polar surface area (TPSA) is 119 Å². The highest BCUT2D eigenvalue weighted by Gasteiger charge is 2.45. The van der Waals surface area contributed by atoms with Gasteiger partial charge >= 0.3 is 12.0 Å². The van der Waals surface area contributed by atoms with Crippen LogP contribution in [-0.2, 0) is 14.4 Å². The van der Waals surface area contributed by atoms with E-state index in [-0.39, 0.29) is 24.6 Å². The van der Waals surface area contributed by atoms with Gasteiger partial charge in [0.25, 0.3) is 0 Å². The Morgan fingerprint density at radius 2 is 1.77 bits per heavy atom. The minimum absolute atomic E-state index is 0.0347. The molecule has 2 saturated heterocycles. The number of carbonyl (C=O) groups is 4. The third-order valence-corrected chi connectivity index (χ3v) is 6.44. The Balaban J connectivity index is 1.51. The number of rotatable bonds is 5. The van der Waals surface area contributed by atoms with Crippen LogP contribution in [0, 0.1) is 11.7 Å². The van der Waals surface area contributed by atoms with E-state index in [2.05, 4.69) is 10.6 Å². The van der Waals surface area contributed by atoms with E-state index in [9.17, 15) is 28.7 Å². The maximum absolute atomic E-state index is 14.8. The van der Waals surface area contributed by atoms with Crippen molar-refractivity contribution in [1.82, 2.24) is 4.90 Å². The monoisotopic (exact) mass is 502 g/mol. The number of carboxylic acids is 1. The molecule has 2 fully saturated rings. The Kier molecular flexibility index (Phi) is 7.20. The number of nitrogens with one attached hydrogen (secondary N) is 2. The standard InChI is InChI=1S/C24H24ClFN4O5/c25-14-4-6-15(7-5-14)27-24(35)30-12-10-17(23(33)34)21(30)22(32)28-19-9-8-16(13-18(19)26)29-11-2-1-3-20(29)31/h4-9,13,17,21H,1-3,10-12H2,(H,27,35)(H,28,32)(H,33,34). The Bertz CT molecular complexity index is 1160. The fourth-order valence-corrected chi connectivity index (χ4v) is 4.52. The lowest BCUT2D eigenvalue weighted by Crippen LogP contribution is -2.49. The number of hydrogen-bond acceptors (Lipinski definition) is 4. The Labute approximate surface area is 205 Å². The average Bonchev–Trinajstić information content (AvgIpc) is 3.28. The number of carbonyl (C=O) groups excluding carboxylic acids is 3. The molecule has 35 heavy (non-hydrogen) atoms. The summed E-state index contributed by atoms with van der Waals surface area (Å²) in [4.78, 5) is 52.5. The molecule has 0 saturated carbocycles. The number of likely N-dealkylation sites (tertiary alicyclic amines) is 1. The number of aliphatic carboxylic acids is 1. The summed E-state index contributed by atoms with van der Waals surface area (Å²) in [5.41, 5.74) is 0.641. The maximum atomic E-state index is 14.8. The van der Waals surface area contributed by atoms with Gasteiger partial charge in [0.15, 0.2) is 0 Å². The van der Waals surface area contributed by atoms with E-state index in [1.807, 2.05) is 0 Å². The van der Waals surface area contributed by atoms with E-state index in [1.54, 1.807) is 24.3 Å². The van der Waals surface area contributed by atoms with Gasteiger partial charge < -0.3 is 25.5 Å². The van der Waals surface area contributed by atoms with Gasteiger partial charge in [-0.15, -0.1) is 0 Å². The molecule has 2 aromatic carbocycles. The number of carboxylic acid groups (broad SMARTS) is 1. The van der Waals surface area contributed by atoms with E-state index in [4.69, 9.17) is 11.6 Å². The van der Waals surface area contributed by atoms with Gasteiger partial charge in [0, 0.05) is 35.9 Å². The first-order valence-corrected chi connectivity index (χ1v) is 11.6. The summed E-state index contributed by atoms with van der Waals surface area (Å²) < 4.78 is 14.8. The van der Waals surface area contributed by atoms with Crippen LogP contribution in [0.25, 0.3) is 0 Å². The van der Waals surface area contributed by atoms with Crippen molar-refractivity contribution in [3.63, 3.8) is 0 Å². The molecule has 0 spiro atoms. The molecule has 2 aliphatic rings. The van der Waals surface area contributed by atoms with E-state index < -0.39 is 35.7 Å². The van der Waals surface area contributed by atoms with Crippen LogP contribution in [0.2, 0.25) is 5.02 Å². The van der Waals surface area contributed by atoms with Crippen molar-refractivity contribution in [3.05, 3.63) is 53.3 Å². The molecular formula is C24H24ClFN4O5. The molecule has 9 nitrogen and oxygen atoms in total. The molecule has 3 N–H and O–H groups in total. The number of anilines is 3. The number of urea groups is 1. The number of nitrogens with zero attached hydrogens (tertiary/aromatic N) is 2. The van der Waals surface area contributed by atoms with Crippen molar-refractivity contribution in [2.24, 2.45) is 5.92 Å². The first kappa shape index (κ1) is 24.5. The second-order valence-corrected chi connectivity index (χ2v) is 8.90. The third kappa shape index (κ3) is 5.37. The summed E-state index contributed by atoms with van der Waals surface area (Å²) in [5, 5.41) is 15.1. The second kappa shape index (κ2) is 10.3. The molecule has 2 unspecified atom stereocenters. The quantitative estimate of drug-likeness (QED) is 0.572. The first-order valence-electron chi connectivity index (χ1n) is 11.2. The van der Waals surface area contributed by atoms with E-state index in [1.165, 1.54) is 17.0 Å². The van der Waals surface area contributed by atoms with Crippen LogP contribution < -0.4 is 15.5 Å². The molecule has 11 heteroatoms. The largest absolute Gasteiger partial charge is 0.481 e. The molecule has 184 valence electrons. The van der Waals surface area contributed by atoms with Crippen LogP contribution in [0.1, 0.15) is 25.7 Å². The predicted octanol–water partition coefficient (Wildman–Crippen LogP) is 3.94. The molecule has 0 bridgehead atoms. The summed E-state index contributed by atoms with van der Waals surface area (Å²) in [5.74, 6) is -4.06. The zero-order valence-electron chi connectivity index (χ0n) is 18.7. The summed E-state index contributed by atoms with van der Waals surface area (Å²) in [7, 11) is 0. The van der Waals surface area contributed by atoms with Crippen LogP contribution >= 0.6 is 11.6 Å². The van der Waals surface area contributed by atoms with E-state index >= 15 is 0 Å². The van der Waals surface area contributed by atoms with Gasteiger partial charge in [-0.3, -0.25) is 14.4 Å². The van der Waals surface area contributed by atoms with Crippen molar-refractivity contribution < 1.29 is 28.7 Å². The molecule has 4 rings (SSSR count). The van der Waals surface area contributed by atoms with Gasteiger partial charge in [0.1, 0.15) is 11.9 Å². The van der Waals surface area contributed by atoms with Gasteiger partial charge in [-0.25, -0.2) is 9.18 Å². The molecule has 2 aromatic rings. The summed E-state index contributed by atoms with van der Waals surface area (Å²) in [6.45, 7) is 0.525. The molecule has 4 amide bonds. The van der Waals surface area contributed by atoms with Crippen LogP contribution in [-0.4, -0.2) is 53.0 Å². The normalized spacial score (nSPS) is 20.0. The van der Waals surface area contributed by atoms with Gasteiger partial charge in [-0.2, -0.15) is 0 Å². The van der Waals surface area contributed by atoms with Crippen LogP contribution in [0.15, 0.2) is 42.5 Å².